The van der Waals surface area contributed by atoms with Crippen molar-refractivity contribution in [2.24, 2.45) is 17.3 Å². The summed E-state index contributed by atoms with van der Waals surface area (Å²) in [7, 11) is 0. The smallest absolute Gasteiger partial charge is 0.138 e. The minimum atomic E-state index is 0.262. The molecule has 1 atom stereocenters. The van der Waals surface area contributed by atoms with Gasteiger partial charge in [-0.05, 0) is 44.2 Å². The number of rotatable bonds is 7. The molecule has 1 N–H and O–H groups in total. The predicted molar refractivity (Wildman–Crippen MR) is 84.8 cm³/mol. The summed E-state index contributed by atoms with van der Waals surface area (Å²) in [6.07, 6.45) is 2.66. The summed E-state index contributed by atoms with van der Waals surface area (Å²) in [5.41, 5.74) is 0.262. The molecule has 0 fully saturated rings. The second-order valence-electron chi connectivity index (χ2n) is 7.53. The molecule has 0 spiro atoms. The van der Waals surface area contributed by atoms with E-state index in [0.29, 0.717) is 17.9 Å². The van der Waals surface area contributed by atoms with Crippen molar-refractivity contribution in [2.45, 2.75) is 60.9 Å². The van der Waals surface area contributed by atoms with Gasteiger partial charge in [0, 0.05) is 12.5 Å². The van der Waals surface area contributed by atoms with Crippen molar-refractivity contribution in [1.82, 2.24) is 20.1 Å². The van der Waals surface area contributed by atoms with E-state index in [-0.39, 0.29) is 5.41 Å². The maximum absolute atomic E-state index is 4.46. The Morgan fingerprint density at radius 3 is 2.30 bits per heavy atom. The lowest BCUT2D eigenvalue weighted by Crippen LogP contribution is -2.35. The van der Waals surface area contributed by atoms with Crippen molar-refractivity contribution in [3.8, 4) is 0 Å². The molecule has 1 aromatic heterocycles. The Labute approximate surface area is 124 Å². The molecule has 20 heavy (non-hydrogen) atoms. The van der Waals surface area contributed by atoms with Gasteiger partial charge in [-0.2, -0.15) is 5.10 Å². The molecule has 1 aromatic rings. The number of nitrogens with zero attached hydrogens (tertiary/aromatic N) is 3. The number of nitrogens with one attached hydrogen (secondary N) is 1. The van der Waals surface area contributed by atoms with Gasteiger partial charge in [0.2, 0.25) is 0 Å². The second-order valence-corrected chi connectivity index (χ2v) is 7.53. The van der Waals surface area contributed by atoms with Gasteiger partial charge in [-0.3, -0.25) is 0 Å². The van der Waals surface area contributed by atoms with Gasteiger partial charge in [-0.15, -0.1) is 0 Å². The average Bonchev–Trinajstić information content (AvgIpc) is 2.74. The first-order valence-electron chi connectivity index (χ1n) is 7.81. The first kappa shape index (κ1) is 17.2. The summed E-state index contributed by atoms with van der Waals surface area (Å²) in [5, 5.41) is 7.94. The first-order chi connectivity index (χ1) is 9.21. The molecule has 0 radical (unpaired) electrons. The van der Waals surface area contributed by atoms with Gasteiger partial charge in [0.05, 0.1) is 0 Å². The minimum Gasteiger partial charge on any atom is -0.316 e. The first-order valence-corrected chi connectivity index (χ1v) is 7.81. The van der Waals surface area contributed by atoms with Crippen molar-refractivity contribution in [3.05, 3.63) is 12.2 Å². The van der Waals surface area contributed by atoms with Crippen LogP contribution in [0.3, 0.4) is 0 Å². The van der Waals surface area contributed by atoms with E-state index in [1.165, 1.54) is 0 Å². The lowest BCUT2D eigenvalue weighted by atomic mass is 9.78. The molecule has 0 amide bonds. The van der Waals surface area contributed by atoms with E-state index in [4.69, 9.17) is 0 Å². The highest BCUT2D eigenvalue weighted by molar-refractivity contribution is 4.92. The summed E-state index contributed by atoms with van der Waals surface area (Å²) in [6.45, 7) is 17.8. The molecule has 0 aromatic carbocycles. The molecule has 0 aliphatic heterocycles. The monoisotopic (exact) mass is 280 g/mol. The highest BCUT2D eigenvalue weighted by Gasteiger charge is 2.26. The van der Waals surface area contributed by atoms with E-state index < -0.39 is 0 Å². The van der Waals surface area contributed by atoms with Crippen molar-refractivity contribution >= 4 is 0 Å². The van der Waals surface area contributed by atoms with Crippen LogP contribution in [-0.4, -0.2) is 27.9 Å². The normalized spacial score (nSPS) is 14.2. The summed E-state index contributed by atoms with van der Waals surface area (Å²) in [4.78, 5) is 4.46. The quantitative estimate of drug-likeness (QED) is 0.833. The van der Waals surface area contributed by atoms with Gasteiger partial charge in [0.1, 0.15) is 12.2 Å². The molecule has 4 nitrogen and oxygen atoms in total. The van der Waals surface area contributed by atoms with E-state index in [1.54, 1.807) is 6.33 Å². The van der Waals surface area contributed by atoms with Crippen molar-refractivity contribution in [3.63, 3.8) is 0 Å². The average molecular weight is 280 g/mol. The third-order valence-corrected chi connectivity index (χ3v) is 3.73. The summed E-state index contributed by atoms with van der Waals surface area (Å²) in [5.74, 6) is 2.35. The van der Waals surface area contributed by atoms with Crippen LogP contribution >= 0.6 is 0 Å². The van der Waals surface area contributed by atoms with E-state index in [9.17, 15) is 0 Å². The van der Waals surface area contributed by atoms with Gasteiger partial charge in [0.15, 0.2) is 0 Å². The van der Waals surface area contributed by atoms with Crippen LogP contribution in [0.5, 0.6) is 0 Å². The fraction of sp³-hybridized carbons (Fsp3) is 0.875. The van der Waals surface area contributed by atoms with Gasteiger partial charge in [0.25, 0.3) is 0 Å². The Morgan fingerprint density at radius 1 is 1.15 bits per heavy atom. The molecule has 0 aliphatic carbocycles. The van der Waals surface area contributed by atoms with Gasteiger partial charge >= 0.3 is 0 Å². The summed E-state index contributed by atoms with van der Waals surface area (Å²) < 4.78 is 2.04. The standard InChI is InChI=1S/C16H32N4/c1-12(2)9-17-10-14(16(5,6)7)8-15-18-11-19-20(15)13(3)4/h11-14,17H,8-10H2,1-7H3. The van der Waals surface area contributed by atoms with Crippen LogP contribution in [-0.2, 0) is 6.42 Å². The van der Waals surface area contributed by atoms with Crippen LogP contribution in [0.2, 0.25) is 0 Å². The molecule has 1 heterocycles. The van der Waals surface area contributed by atoms with Crippen LogP contribution in [0, 0.1) is 17.3 Å². The molecule has 0 bridgehead atoms. The Balaban J connectivity index is 2.72. The third kappa shape index (κ3) is 5.23. The Morgan fingerprint density at radius 2 is 1.80 bits per heavy atom. The molecule has 1 unspecified atom stereocenters. The van der Waals surface area contributed by atoms with Gasteiger partial charge in [-0.1, -0.05) is 34.6 Å². The minimum absolute atomic E-state index is 0.262. The lowest BCUT2D eigenvalue weighted by molar-refractivity contribution is 0.222. The molecule has 0 saturated carbocycles. The highest BCUT2D eigenvalue weighted by Crippen LogP contribution is 2.28. The Hall–Kier alpha value is -0.900. The molecule has 0 saturated heterocycles. The lowest BCUT2D eigenvalue weighted by Gasteiger charge is -2.31. The van der Waals surface area contributed by atoms with Gasteiger partial charge in [-0.25, -0.2) is 9.67 Å². The van der Waals surface area contributed by atoms with Crippen LogP contribution in [0.1, 0.15) is 60.3 Å². The maximum Gasteiger partial charge on any atom is 0.138 e. The topological polar surface area (TPSA) is 42.7 Å². The van der Waals surface area contributed by atoms with Crippen molar-refractivity contribution < 1.29 is 0 Å². The Kier molecular flexibility index (Phi) is 6.18. The van der Waals surface area contributed by atoms with E-state index >= 15 is 0 Å². The van der Waals surface area contributed by atoms with Crippen molar-refractivity contribution in [1.29, 1.82) is 0 Å². The SMILES string of the molecule is CC(C)CNCC(Cc1ncnn1C(C)C)C(C)(C)C. The third-order valence-electron chi connectivity index (χ3n) is 3.73. The molecule has 1 rings (SSSR count). The van der Waals surface area contributed by atoms with Crippen LogP contribution in [0.25, 0.3) is 0 Å². The molecule has 116 valence electrons. The fourth-order valence-corrected chi connectivity index (χ4v) is 2.30. The largest absolute Gasteiger partial charge is 0.316 e. The van der Waals surface area contributed by atoms with E-state index in [2.05, 4.69) is 63.9 Å². The van der Waals surface area contributed by atoms with Crippen LogP contribution in [0.4, 0.5) is 0 Å². The van der Waals surface area contributed by atoms with Crippen molar-refractivity contribution in [2.75, 3.05) is 13.1 Å². The molecule has 0 aliphatic rings. The molecular weight excluding hydrogens is 248 g/mol. The number of hydrogen-bond acceptors (Lipinski definition) is 3. The Bertz CT molecular complexity index is 387. The number of hydrogen-bond donors (Lipinski definition) is 1. The summed E-state index contributed by atoms with van der Waals surface area (Å²) in [6, 6.07) is 0.372. The molecule has 4 heteroatoms. The van der Waals surface area contributed by atoms with E-state index in [1.807, 2.05) is 4.68 Å². The molecular formula is C16H32N4. The van der Waals surface area contributed by atoms with Crippen LogP contribution < -0.4 is 5.32 Å². The highest BCUT2D eigenvalue weighted by atomic mass is 15.3. The number of aromatic nitrogens is 3. The fourth-order valence-electron chi connectivity index (χ4n) is 2.30. The van der Waals surface area contributed by atoms with Crippen LogP contribution in [0.15, 0.2) is 6.33 Å². The zero-order valence-electron chi connectivity index (χ0n) is 14.3. The van der Waals surface area contributed by atoms with E-state index in [0.717, 1.165) is 25.3 Å². The summed E-state index contributed by atoms with van der Waals surface area (Å²) >= 11 is 0. The zero-order valence-corrected chi connectivity index (χ0v) is 14.3. The van der Waals surface area contributed by atoms with Gasteiger partial charge < -0.3 is 5.32 Å². The predicted octanol–water partition coefficient (Wildman–Crippen LogP) is 3.31. The second kappa shape index (κ2) is 7.21. The maximum atomic E-state index is 4.46. The zero-order chi connectivity index (χ0) is 15.3.